The molecule has 0 aliphatic rings. The normalized spacial score (nSPS) is 10.1. The Kier molecular flexibility index (Phi) is 4.06. The van der Waals surface area contributed by atoms with E-state index in [2.05, 4.69) is 24.0 Å². The van der Waals surface area contributed by atoms with E-state index in [-0.39, 0.29) is 0 Å². The molecule has 0 heterocycles. The summed E-state index contributed by atoms with van der Waals surface area (Å²) in [4.78, 5) is 0. The van der Waals surface area contributed by atoms with Crippen LogP contribution in [0.25, 0.3) is 5.57 Å². The first kappa shape index (κ1) is 12.7. The van der Waals surface area contributed by atoms with Gasteiger partial charge in [0.05, 0.1) is 10.7 Å². The van der Waals surface area contributed by atoms with E-state index in [1.165, 1.54) is 5.56 Å². The summed E-state index contributed by atoms with van der Waals surface area (Å²) in [6, 6.07) is 16.1. The topological polar surface area (TPSA) is 12.0 Å². The second kappa shape index (κ2) is 5.74. The first-order chi connectivity index (χ1) is 8.66. The number of halogens is 1. The third kappa shape index (κ3) is 3.14. The molecular weight excluding hydrogens is 242 g/mol. The highest BCUT2D eigenvalue weighted by atomic mass is 35.5. The van der Waals surface area contributed by atoms with Crippen molar-refractivity contribution < 1.29 is 0 Å². The highest BCUT2D eigenvalue weighted by molar-refractivity contribution is 6.33. The molecule has 1 nitrogen and oxygen atoms in total. The lowest BCUT2D eigenvalue weighted by Crippen LogP contribution is -2.04. The number of nitrogens with one attached hydrogen (secondary N) is 1. The Morgan fingerprint density at radius 2 is 1.89 bits per heavy atom. The zero-order valence-corrected chi connectivity index (χ0v) is 11.2. The molecule has 0 saturated carbocycles. The second-order valence-corrected chi connectivity index (χ2v) is 4.71. The Bertz CT molecular complexity index is 546. The summed E-state index contributed by atoms with van der Waals surface area (Å²) >= 11 is 6.13. The number of benzene rings is 2. The van der Waals surface area contributed by atoms with Crippen LogP contribution in [0.4, 0.5) is 5.69 Å². The number of aryl methyl sites for hydroxylation is 1. The molecule has 0 amide bonds. The summed E-state index contributed by atoms with van der Waals surface area (Å²) in [6.07, 6.45) is 0. The Labute approximate surface area is 113 Å². The molecular formula is C16H16ClN. The minimum atomic E-state index is 0.688. The van der Waals surface area contributed by atoms with Crippen LogP contribution < -0.4 is 5.32 Å². The van der Waals surface area contributed by atoms with Crippen LogP contribution in [0.2, 0.25) is 5.02 Å². The van der Waals surface area contributed by atoms with Crippen molar-refractivity contribution in [3.8, 4) is 0 Å². The molecule has 0 bridgehead atoms. The van der Waals surface area contributed by atoms with Gasteiger partial charge in [-0.1, -0.05) is 54.6 Å². The maximum Gasteiger partial charge on any atom is 0.0637 e. The van der Waals surface area contributed by atoms with Gasteiger partial charge in [-0.25, -0.2) is 0 Å². The average Bonchev–Trinajstić information content (AvgIpc) is 2.40. The van der Waals surface area contributed by atoms with E-state index in [9.17, 15) is 0 Å². The smallest absolute Gasteiger partial charge is 0.0637 e. The highest BCUT2D eigenvalue weighted by Gasteiger charge is 2.02. The lowest BCUT2D eigenvalue weighted by molar-refractivity contribution is 1.33. The van der Waals surface area contributed by atoms with E-state index in [0.29, 0.717) is 6.54 Å². The van der Waals surface area contributed by atoms with Crippen molar-refractivity contribution in [1.82, 2.24) is 0 Å². The van der Waals surface area contributed by atoms with Gasteiger partial charge < -0.3 is 5.32 Å². The van der Waals surface area contributed by atoms with Crippen LogP contribution in [0.3, 0.4) is 0 Å². The van der Waals surface area contributed by atoms with Gasteiger partial charge >= 0.3 is 0 Å². The minimum Gasteiger partial charge on any atom is -0.380 e. The summed E-state index contributed by atoms with van der Waals surface area (Å²) in [5.41, 5.74) is 4.34. The van der Waals surface area contributed by atoms with Crippen LogP contribution in [-0.4, -0.2) is 6.54 Å². The van der Waals surface area contributed by atoms with Gasteiger partial charge in [0.1, 0.15) is 0 Å². The van der Waals surface area contributed by atoms with Gasteiger partial charge in [0.25, 0.3) is 0 Å². The van der Waals surface area contributed by atoms with Crippen LogP contribution in [0.5, 0.6) is 0 Å². The molecule has 0 aliphatic heterocycles. The van der Waals surface area contributed by atoms with Crippen molar-refractivity contribution in [1.29, 1.82) is 0 Å². The number of rotatable bonds is 4. The molecule has 2 heteroatoms. The molecule has 2 rings (SSSR count). The molecule has 2 aromatic rings. The molecule has 0 aromatic heterocycles. The van der Waals surface area contributed by atoms with Gasteiger partial charge in [0, 0.05) is 6.54 Å². The minimum absolute atomic E-state index is 0.688. The van der Waals surface area contributed by atoms with E-state index in [0.717, 1.165) is 21.8 Å². The van der Waals surface area contributed by atoms with Crippen molar-refractivity contribution in [2.75, 3.05) is 11.9 Å². The molecule has 2 aromatic carbocycles. The Morgan fingerprint density at radius 3 is 2.61 bits per heavy atom. The fourth-order valence-electron chi connectivity index (χ4n) is 1.75. The highest BCUT2D eigenvalue weighted by Crippen LogP contribution is 2.23. The maximum absolute atomic E-state index is 6.13. The summed E-state index contributed by atoms with van der Waals surface area (Å²) in [6.45, 7) is 6.82. The zero-order chi connectivity index (χ0) is 13.0. The quantitative estimate of drug-likeness (QED) is 0.832. The van der Waals surface area contributed by atoms with Gasteiger partial charge in [-0.05, 0) is 35.8 Å². The fourth-order valence-corrected chi connectivity index (χ4v) is 1.94. The van der Waals surface area contributed by atoms with Crippen molar-refractivity contribution in [3.63, 3.8) is 0 Å². The van der Waals surface area contributed by atoms with E-state index < -0.39 is 0 Å². The van der Waals surface area contributed by atoms with E-state index in [1.54, 1.807) is 0 Å². The van der Waals surface area contributed by atoms with Gasteiger partial charge in [-0.3, -0.25) is 0 Å². The molecule has 0 saturated heterocycles. The number of hydrogen-bond acceptors (Lipinski definition) is 1. The van der Waals surface area contributed by atoms with Gasteiger partial charge in [0.2, 0.25) is 0 Å². The average molecular weight is 258 g/mol. The number of anilines is 1. The van der Waals surface area contributed by atoms with Crippen molar-refractivity contribution in [2.24, 2.45) is 0 Å². The van der Waals surface area contributed by atoms with Crippen molar-refractivity contribution in [3.05, 3.63) is 71.3 Å². The second-order valence-electron chi connectivity index (χ2n) is 4.31. The first-order valence-electron chi connectivity index (χ1n) is 5.90. The van der Waals surface area contributed by atoms with Gasteiger partial charge in [-0.15, -0.1) is 0 Å². The Balaban J connectivity index is 2.04. The third-order valence-electron chi connectivity index (χ3n) is 2.80. The Hall–Kier alpha value is -1.73. The lowest BCUT2D eigenvalue weighted by Gasteiger charge is -2.11. The third-order valence-corrected chi connectivity index (χ3v) is 3.13. The van der Waals surface area contributed by atoms with Crippen LogP contribution in [0.15, 0.2) is 55.1 Å². The summed E-state index contributed by atoms with van der Waals surface area (Å²) in [7, 11) is 0. The molecule has 0 spiro atoms. The molecule has 0 aliphatic carbocycles. The fraction of sp³-hybridized carbons (Fsp3) is 0.125. The number of hydrogen-bond donors (Lipinski definition) is 1. The first-order valence-corrected chi connectivity index (χ1v) is 6.28. The van der Waals surface area contributed by atoms with Crippen LogP contribution >= 0.6 is 11.6 Å². The molecule has 1 N–H and O–H groups in total. The predicted octanol–water partition coefficient (Wildman–Crippen LogP) is 4.77. The van der Waals surface area contributed by atoms with Crippen molar-refractivity contribution in [2.45, 2.75) is 6.92 Å². The van der Waals surface area contributed by atoms with Crippen LogP contribution in [0, 0.1) is 6.92 Å². The zero-order valence-electron chi connectivity index (χ0n) is 10.4. The van der Waals surface area contributed by atoms with E-state index in [4.69, 9.17) is 11.6 Å². The monoisotopic (exact) mass is 257 g/mol. The lowest BCUT2D eigenvalue weighted by atomic mass is 10.1. The SMILES string of the molecule is C=C(CNc1cc(C)ccc1Cl)c1ccccc1. The summed E-state index contributed by atoms with van der Waals surface area (Å²) < 4.78 is 0. The summed E-state index contributed by atoms with van der Waals surface area (Å²) in [5.74, 6) is 0. The largest absolute Gasteiger partial charge is 0.380 e. The van der Waals surface area contributed by atoms with E-state index in [1.807, 2.05) is 43.3 Å². The molecule has 92 valence electrons. The van der Waals surface area contributed by atoms with Gasteiger partial charge in [0.15, 0.2) is 0 Å². The van der Waals surface area contributed by atoms with Gasteiger partial charge in [-0.2, -0.15) is 0 Å². The van der Waals surface area contributed by atoms with Crippen LogP contribution in [-0.2, 0) is 0 Å². The molecule has 0 atom stereocenters. The molecule has 18 heavy (non-hydrogen) atoms. The molecule has 0 radical (unpaired) electrons. The summed E-state index contributed by atoms with van der Waals surface area (Å²) in [5, 5.41) is 4.06. The Morgan fingerprint density at radius 1 is 1.17 bits per heavy atom. The van der Waals surface area contributed by atoms with Crippen molar-refractivity contribution >= 4 is 22.9 Å². The molecule has 0 fully saturated rings. The standard InChI is InChI=1S/C16H16ClN/c1-12-8-9-15(17)16(10-12)18-11-13(2)14-6-4-3-5-7-14/h3-10,18H,2,11H2,1H3. The van der Waals surface area contributed by atoms with Crippen LogP contribution in [0.1, 0.15) is 11.1 Å². The van der Waals surface area contributed by atoms with E-state index >= 15 is 0 Å². The molecule has 0 unspecified atom stereocenters. The maximum atomic E-state index is 6.13. The predicted molar refractivity (Wildman–Crippen MR) is 80.2 cm³/mol.